The first kappa shape index (κ1) is 26.0. The monoisotopic (exact) mass is 519 g/mol. The van der Waals surface area contributed by atoms with Crippen LogP contribution in [0.1, 0.15) is 42.1 Å². The van der Waals surface area contributed by atoms with Gasteiger partial charge in [-0.3, -0.25) is 14.4 Å². The molecule has 9 nitrogen and oxygen atoms in total. The number of anilines is 1. The van der Waals surface area contributed by atoms with Gasteiger partial charge in [0.15, 0.2) is 5.82 Å². The predicted molar refractivity (Wildman–Crippen MR) is 144 cm³/mol. The van der Waals surface area contributed by atoms with Crippen molar-refractivity contribution in [1.82, 2.24) is 29.5 Å². The third-order valence-electron chi connectivity index (χ3n) is 7.24. The van der Waals surface area contributed by atoms with Gasteiger partial charge in [0.25, 0.3) is 0 Å². The van der Waals surface area contributed by atoms with Crippen LogP contribution in [0.2, 0.25) is 0 Å². The summed E-state index contributed by atoms with van der Waals surface area (Å²) in [7, 11) is 3.92. The Morgan fingerprint density at radius 2 is 2.00 bits per heavy atom. The number of aryl methyl sites for hydroxylation is 1. The Hall–Kier alpha value is -3.63. The smallest absolute Gasteiger partial charge is 0.241 e. The van der Waals surface area contributed by atoms with Gasteiger partial charge < -0.3 is 15.0 Å². The molecule has 10 heteroatoms. The summed E-state index contributed by atoms with van der Waals surface area (Å²) in [6.45, 7) is 7.98. The quantitative estimate of drug-likeness (QED) is 0.490. The molecule has 200 valence electrons. The van der Waals surface area contributed by atoms with Crippen molar-refractivity contribution >= 4 is 17.2 Å². The third kappa shape index (κ3) is 5.32. The molecule has 1 aromatic carbocycles. The van der Waals surface area contributed by atoms with Gasteiger partial charge in [-0.05, 0) is 44.5 Å². The van der Waals surface area contributed by atoms with E-state index in [9.17, 15) is 4.79 Å². The Labute approximate surface area is 222 Å². The molecular weight excluding hydrogens is 485 g/mol. The van der Waals surface area contributed by atoms with E-state index in [1.165, 1.54) is 6.20 Å². The minimum atomic E-state index is -0.484. The maximum absolute atomic E-state index is 15.0. The number of rotatable bonds is 8. The van der Waals surface area contributed by atoms with Gasteiger partial charge >= 0.3 is 0 Å². The van der Waals surface area contributed by atoms with Crippen molar-refractivity contribution in [2.45, 2.75) is 32.7 Å². The molecule has 0 bridgehead atoms. The van der Waals surface area contributed by atoms with Crippen LogP contribution in [0.3, 0.4) is 0 Å². The first-order valence-electron chi connectivity index (χ1n) is 13.1. The number of fused-ring (bicyclic) bond motifs is 1. The Morgan fingerprint density at radius 3 is 2.76 bits per heavy atom. The number of aromatic nitrogens is 4. The van der Waals surface area contributed by atoms with E-state index >= 15 is 4.39 Å². The molecule has 0 radical (unpaired) electrons. The summed E-state index contributed by atoms with van der Waals surface area (Å²) in [5.41, 5.74) is 4.39. The number of allylic oxidation sites excluding steroid dienone is 1. The van der Waals surface area contributed by atoms with Crippen LogP contribution in [0.5, 0.6) is 5.88 Å². The number of piperazine rings is 1. The maximum Gasteiger partial charge on any atom is 0.241 e. The van der Waals surface area contributed by atoms with Crippen molar-refractivity contribution in [3.63, 3.8) is 0 Å². The molecular formula is C28H34FN7O2. The molecule has 0 saturated carbocycles. The lowest BCUT2D eigenvalue weighted by Crippen LogP contribution is -2.51. The third-order valence-corrected chi connectivity index (χ3v) is 7.24. The standard InChI is InChI=1S/C28H34FN7O2/c1-5-38-28-19(17-35(4)33-28)15-25-30-16-23(29)26(32-25)22-10-9-21-20(22)7-6-8-24(21)31-27(37)18(2)36-13-11-34(3)12-14-36/h6-8,10,16-18H,5,9,11-15H2,1-4H3,(H,31,37)/t18-/m1/s1. The van der Waals surface area contributed by atoms with Crippen molar-refractivity contribution in [3.8, 4) is 5.88 Å². The second kappa shape index (κ2) is 11.0. The number of hydrogen-bond donors (Lipinski definition) is 1. The highest BCUT2D eigenvalue weighted by atomic mass is 19.1. The minimum absolute atomic E-state index is 0.0338. The summed E-state index contributed by atoms with van der Waals surface area (Å²) in [6, 6.07) is 5.51. The predicted octanol–water partition coefficient (Wildman–Crippen LogP) is 2.90. The number of nitrogens with one attached hydrogen (secondary N) is 1. The molecule has 1 aliphatic carbocycles. The van der Waals surface area contributed by atoms with Gasteiger partial charge in [-0.1, -0.05) is 18.2 Å². The Bertz CT molecular complexity index is 1360. The van der Waals surface area contributed by atoms with Crippen molar-refractivity contribution < 1.29 is 13.9 Å². The number of likely N-dealkylation sites (N-methyl/N-ethyl adjacent to an activating group) is 1. The highest BCUT2D eigenvalue weighted by Crippen LogP contribution is 2.37. The zero-order valence-electron chi connectivity index (χ0n) is 22.4. The van der Waals surface area contributed by atoms with Crippen molar-refractivity contribution in [3.05, 3.63) is 70.7 Å². The number of carbonyl (C=O) groups is 1. The highest BCUT2D eigenvalue weighted by Gasteiger charge is 2.27. The van der Waals surface area contributed by atoms with E-state index in [1.54, 1.807) is 4.68 Å². The first-order valence-corrected chi connectivity index (χ1v) is 13.1. The fraction of sp³-hybridized carbons (Fsp3) is 0.429. The van der Waals surface area contributed by atoms with E-state index in [0.29, 0.717) is 36.7 Å². The zero-order valence-corrected chi connectivity index (χ0v) is 22.4. The topological polar surface area (TPSA) is 88.4 Å². The van der Waals surface area contributed by atoms with Crippen LogP contribution in [0, 0.1) is 5.82 Å². The molecule has 5 rings (SSSR count). The number of hydrogen-bond acceptors (Lipinski definition) is 7. The van der Waals surface area contributed by atoms with Gasteiger partial charge in [0, 0.05) is 62.7 Å². The average Bonchev–Trinajstić information content (AvgIpc) is 3.49. The summed E-state index contributed by atoms with van der Waals surface area (Å²) >= 11 is 0. The summed E-state index contributed by atoms with van der Waals surface area (Å²) in [5, 5.41) is 7.46. The average molecular weight is 520 g/mol. The van der Waals surface area contributed by atoms with Gasteiger partial charge in [-0.25, -0.2) is 14.4 Å². The number of ether oxygens (including phenoxy) is 1. The van der Waals surface area contributed by atoms with E-state index in [2.05, 4.69) is 37.2 Å². The van der Waals surface area contributed by atoms with Crippen molar-refractivity contribution in [2.75, 3.05) is 45.2 Å². The molecule has 1 amide bonds. The van der Waals surface area contributed by atoms with Crippen LogP contribution < -0.4 is 10.1 Å². The minimum Gasteiger partial charge on any atom is -0.477 e. The molecule has 38 heavy (non-hydrogen) atoms. The number of benzene rings is 1. The van der Waals surface area contributed by atoms with Crippen LogP contribution in [0.15, 0.2) is 36.7 Å². The molecule has 3 aromatic rings. The number of amides is 1. The molecule has 2 aliphatic rings. The van der Waals surface area contributed by atoms with E-state index in [1.807, 2.05) is 51.4 Å². The lowest BCUT2D eigenvalue weighted by atomic mass is 10.0. The van der Waals surface area contributed by atoms with Crippen LogP contribution in [0.4, 0.5) is 10.1 Å². The summed E-state index contributed by atoms with van der Waals surface area (Å²) in [4.78, 5) is 26.4. The Kier molecular flexibility index (Phi) is 7.53. The van der Waals surface area contributed by atoms with Crippen LogP contribution in [-0.2, 0) is 24.7 Å². The fourth-order valence-electron chi connectivity index (χ4n) is 5.07. The lowest BCUT2D eigenvalue weighted by molar-refractivity contribution is -0.121. The van der Waals surface area contributed by atoms with Gasteiger partial charge in [-0.15, -0.1) is 5.10 Å². The van der Waals surface area contributed by atoms with Crippen LogP contribution in [-0.4, -0.2) is 81.3 Å². The van der Waals surface area contributed by atoms with Crippen molar-refractivity contribution in [2.24, 2.45) is 7.05 Å². The number of nitrogens with zero attached hydrogens (tertiary/aromatic N) is 6. The number of halogens is 1. The largest absolute Gasteiger partial charge is 0.477 e. The molecule has 3 heterocycles. The molecule has 1 atom stereocenters. The van der Waals surface area contributed by atoms with Gasteiger partial charge in [0.1, 0.15) is 11.5 Å². The lowest BCUT2D eigenvalue weighted by Gasteiger charge is -2.35. The van der Waals surface area contributed by atoms with E-state index in [4.69, 9.17) is 4.74 Å². The molecule has 0 unspecified atom stereocenters. The van der Waals surface area contributed by atoms with Gasteiger partial charge in [0.05, 0.1) is 18.8 Å². The van der Waals surface area contributed by atoms with E-state index in [-0.39, 0.29) is 17.6 Å². The Balaban J connectivity index is 1.35. The molecule has 0 spiro atoms. The summed E-state index contributed by atoms with van der Waals surface area (Å²) < 4.78 is 22.3. The van der Waals surface area contributed by atoms with Crippen LogP contribution >= 0.6 is 0 Å². The molecule has 2 aromatic heterocycles. The van der Waals surface area contributed by atoms with Gasteiger partial charge in [-0.2, -0.15) is 0 Å². The number of carbonyl (C=O) groups excluding carboxylic acids is 1. The van der Waals surface area contributed by atoms with Crippen LogP contribution in [0.25, 0.3) is 5.57 Å². The first-order chi connectivity index (χ1) is 18.3. The molecule has 1 aliphatic heterocycles. The second-order valence-electron chi connectivity index (χ2n) is 9.88. The van der Waals surface area contributed by atoms with E-state index < -0.39 is 5.82 Å². The maximum atomic E-state index is 15.0. The summed E-state index contributed by atoms with van der Waals surface area (Å²) in [6.07, 6.45) is 6.00. The Morgan fingerprint density at radius 1 is 1.21 bits per heavy atom. The molecule has 1 fully saturated rings. The van der Waals surface area contributed by atoms with Crippen molar-refractivity contribution in [1.29, 1.82) is 0 Å². The van der Waals surface area contributed by atoms with E-state index in [0.717, 1.165) is 48.6 Å². The zero-order chi connectivity index (χ0) is 26.8. The highest BCUT2D eigenvalue weighted by molar-refractivity contribution is 5.97. The second-order valence-corrected chi connectivity index (χ2v) is 9.88. The summed E-state index contributed by atoms with van der Waals surface area (Å²) in [5.74, 6) is 0.493. The molecule has 1 saturated heterocycles. The molecule has 1 N–H and O–H groups in total. The van der Waals surface area contributed by atoms with Gasteiger partial charge in [0.2, 0.25) is 11.8 Å². The fourth-order valence-corrected chi connectivity index (χ4v) is 5.07. The SMILES string of the molecule is CCOc1nn(C)cc1Cc1ncc(F)c(C2=CCc3c(NC(=O)[C@@H](C)N4CCN(C)CC4)cccc32)n1. The normalized spacial score (nSPS) is 16.7.